The van der Waals surface area contributed by atoms with Crippen molar-refractivity contribution >= 4 is 28.8 Å². The maximum Gasteiger partial charge on any atom is 0.234 e. The third kappa shape index (κ3) is 2.49. The number of nitrogens with zero attached hydrogens (tertiary/aromatic N) is 2. The van der Waals surface area contributed by atoms with Crippen LogP contribution in [-0.4, -0.2) is 15.7 Å². The van der Waals surface area contributed by atoms with Gasteiger partial charge in [0, 0.05) is 13.2 Å². The van der Waals surface area contributed by atoms with E-state index in [0.717, 1.165) is 5.69 Å². The Balaban J connectivity index is 2.57. The number of rotatable bonds is 2. The summed E-state index contributed by atoms with van der Waals surface area (Å²) in [5, 5.41) is 4.05. The Morgan fingerprint density at radius 3 is 3.09 bits per heavy atom. The van der Waals surface area contributed by atoms with Crippen LogP contribution >= 0.6 is 22.9 Å². The summed E-state index contributed by atoms with van der Waals surface area (Å²) in [6.07, 6.45) is 2.17. The van der Waals surface area contributed by atoms with E-state index in [0.29, 0.717) is 6.42 Å². The Kier molecular flexibility index (Phi) is 2.86. The third-order valence-corrected chi connectivity index (χ3v) is 1.82. The van der Waals surface area contributed by atoms with Crippen LogP contribution in [0.4, 0.5) is 0 Å². The monoisotopic (exact) mass is 265 g/mol. The topological polar surface area (TPSA) is 46.9 Å². The zero-order valence-corrected chi connectivity index (χ0v) is 8.20. The van der Waals surface area contributed by atoms with Crippen molar-refractivity contribution in [1.29, 1.82) is 0 Å². The van der Waals surface area contributed by atoms with Gasteiger partial charge in [-0.1, -0.05) is 0 Å². The molecule has 11 heavy (non-hydrogen) atoms. The standard InChI is InChI=1S/C6H8IN3O/c1-10-3-2-5(9-10)4-6(11)8-7/h2-3H,4H2,1H3,(H,8,11). The second kappa shape index (κ2) is 3.70. The molecule has 0 bridgehead atoms. The van der Waals surface area contributed by atoms with Gasteiger partial charge in [-0.25, -0.2) is 0 Å². The number of hydrogen-bond donors (Lipinski definition) is 1. The van der Waals surface area contributed by atoms with E-state index in [9.17, 15) is 4.79 Å². The summed E-state index contributed by atoms with van der Waals surface area (Å²) in [4.78, 5) is 10.8. The first kappa shape index (κ1) is 8.51. The van der Waals surface area contributed by atoms with E-state index in [1.807, 2.05) is 42.2 Å². The lowest BCUT2D eigenvalue weighted by molar-refractivity contribution is -0.118. The number of carbonyl (C=O) groups is 1. The quantitative estimate of drug-likeness (QED) is 0.622. The van der Waals surface area contributed by atoms with Crippen LogP contribution in [0.25, 0.3) is 0 Å². The van der Waals surface area contributed by atoms with Crippen molar-refractivity contribution in [3.8, 4) is 0 Å². The van der Waals surface area contributed by atoms with Crippen molar-refractivity contribution in [3.63, 3.8) is 0 Å². The molecule has 1 aromatic rings. The zero-order chi connectivity index (χ0) is 8.27. The van der Waals surface area contributed by atoms with Crippen molar-refractivity contribution in [1.82, 2.24) is 13.3 Å². The average Bonchev–Trinajstić information content (AvgIpc) is 2.35. The minimum Gasteiger partial charge on any atom is -0.298 e. The Labute approximate surface area is 78.5 Å². The van der Waals surface area contributed by atoms with Gasteiger partial charge in [0.2, 0.25) is 5.91 Å². The molecule has 5 heteroatoms. The maximum atomic E-state index is 10.8. The Bertz CT molecular complexity index is 258. The lowest BCUT2D eigenvalue weighted by Crippen LogP contribution is -2.14. The van der Waals surface area contributed by atoms with Gasteiger partial charge in [0.05, 0.1) is 35.0 Å². The molecule has 0 aliphatic heterocycles. The Hall–Kier alpha value is -0.590. The van der Waals surface area contributed by atoms with E-state index in [4.69, 9.17) is 0 Å². The molecule has 1 rings (SSSR count). The van der Waals surface area contributed by atoms with Gasteiger partial charge in [-0.15, -0.1) is 0 Å². The highest BCUT2D eigenvalue weighted by molar-refractivity contribution is 14.1. The summed E-state index contributed by atoms with van der Waals surface area (Å²) in [6.45, 7) is 0. The lowest BCUT2D eigenvalue weighted by atomic mass is 10.3. The van der Waals surface area contributed by atoms with E-state index in [1.54, 1.807) is 4.68 Å². The predicted octanol–water partition coefficient (Wildman–Crippen LogP) is 0.429. The molecule has 0 aliphatic carbocycles. The van der Waals surface area contributed by atoms with Gasteiger partial charge in [-0.05, 0) is 6.07 Å². The normalized spacial score (nSPS) is 9.64. The van der Waals surface area contributed by atoms with E-state index in [-0.39, 0.29) is 5.91 Å². The second-order valence-corrected chi connectivity index (χ2v) is 2.71. The summed E-state index contributed by atoms with van der Waals surface area (Å²) in [5.74, 6) is -0.0238. The number of aromatic nitrogens is 2. The molecule has 0 spiro atoms. The van der Waals surface area contributed by atoms with Crippen molar-refractivity contribution in [2.24, 2.45) is 7.05 Å². The molecule has 0 saturated heterocycles. The highest BCUT2D eigenvalue weighted by Gasteiger charge is 2.02. The summed E-state index contributed by atoms with van der Waals surface area (Å²) in [6, 6.07) is 1.83. The zero-order valence-electron chi connectivity index (χ0n) is 6.04. The van der Waals surface area contributed by atoms with E-state index < -0.39 is 0 Å². The number of carbonyl (C=O) groups excluding carboxylic acids is 1. The number of aryl methyl sites for hydroxylation is 1. The van der Waals surface area contributed by atoms with Gasteiger partial charge < -0.3 is 0 Å². The highest BCUT2D eigenvalue weighted by Crippen LogP contribution is 1.95. The molecule has 4 nitrogen and oxygen atoms in total. The van der Waals surface area contributed by atoms with E-state index >= 15 is 0 Å². The fraction of sp³-hybridized carbons (Fsp3) is 0.333. The molecule has 0 aliphatic rings. The van der Waals surface area contributed by atoms with Crippen LogP contribution in [-0.2, 0) is 18.3 Å². The van der Waals surface area contributed by atoms with Crippen LogP contribution in [0.5, 0.6) is 0 Å². The van der Waals surface area contributed by atoms with Crippen molar-refractivity contribution in [3.05, 3.63) is 18.0 Å². The molecule has 0 saturated carbocycles. The summed E-state index contributed by atoms with van der Waals surface area (Å²) >= 11 is 1.81. The van der Waals surface area contributed by atoms with Crippen molar-refractivity contribution < 1.29 is 4.79 Å². The predicted molar refractivity (Wildman–Crippen MR) is 49.1 cm³/mol. The van der Waals surface area contributed by atoms with Crippen LogP contribution < -0.4 is 3.53 Å². The average molecular weight is 265 g/mol. The van der Waals surface area contributed by atoms with Crippen LogP contribution in [0.15, 0.2) is 12.3 Å². The van der Waals surface area contributed by atoms with Crippen LogP contribution in [0.2, 0.25) is 0 Å². The number of hydrogen-bond acceptors (Lipinski definition) is 2. The van der Waals surface area contributed by atoms with Gasteiger partial charge in [-0.3, -0.25) is 13.0 Å². The molecule has 0 atom stereocenters. The minimum atomic E-state index is -0.0238. The molecular formula is C6H8IN3O. The van der Waals surface area contributed by atoms with E-state index in [1.165, 1.54) is 0 Å². The van der Waals surface area contributed by atoms with Crippen molar-refractivity contribution in [2.45, 2.75) is 6.42 Å². The largest absolute Gasteiger partial charge is 0.298 e. The molecule has 1 amide bonds. The third-order valence-electron chi connectivity index (χ3n) is 1.22. The molecule has 0 radical (unpaired) electrons. The van der Waals surface area contributed by atoms with Crippen LogP contribution in [0.3, 0.4) is 0 Å². The van der Waals surface area contributed by atoms with Gasteiger partial charge in [0.25, 0.3) is 0 Å². The first-order valence-electron chi connectivity index (χ1n) is 3.10. The molecule has 1 heterocycles. The van der Waals surface area contributed by atoms with E-state index in [2.05, 4.69) is 8.63 Å². The highest BCUT2D eigenvalue weighted by atomic mass is 127. The maximum absolute atomic E-state index is 10.8. The van der Waals surface area contributed by atoms with Gasteiger partial charge >= 0.3 is 0 Å². The minimum absolute atomic E-state index is 0.0238. The molecular weight excluding hydrogens is 257 g/mol. The smallest absolute Gasteiger partial charge is 0.234 e. The van der Waals surface area contributed by atoms with Gasteiger partial charge in [0.15, 0.2) is 0 Å². The molecule has 1 aromatic heterocycles. The first-order chi connectivity index (χ1) is 5.22. The number of halogens is 1. The molecule has 0 aromatic carbocycles. The SMILES string of the molecule is Cn1ccc(CC(=O)NI)n1. The fourth-order valence-corrected chi connectivity index (χ4v) is 0.946. The summed E-state index contributed by atoms with van der Waals surface area (Å²) in [5.41, 5.74) is 0.793. The van der Waals surface area contributed by atoms with Gasteiger partial charge in [0.1, 0.15) is 0 Å². The number of nitrogens with one attached hydrogen (secondary N) is 1. The molecule has 0 unspecified atom stereocenters. The molecule has 0 fully saturated rings. The molecule has 60 valence electrons. The summed E-state index contributed by atoms with van der Waals surface area (Å²) in [7, 11) is 1.82. The fourth-order valence-electron chi connectivity index (χ4n) is 0.755. The first-order valence-corrected chi connectivity index (χ1v) is 4.18. The van der Waals surface area contributed by atoms with Crippen molar-refractivity contribution in [2.75, 3.05) is 0 Å². The Morgan fingerprint density at radius 1 is 1.91 bits per heavy atom. The molecule has 1 N–H and O–H groups in total. The number of amides is 1. The summed E-state index contributed by atoms with van der Waals surface area (Å²) < 4.78 is 4.18. The van der Waals surface area contributed by atoms with Crippen LogP contribution in [0, 0.1) is 0 Å². The second-order valence-electron chi connectivity index (χ2n) is 2.18. The Morgan fingerprint density at radius 2 is 2.64 bits per heavy atom. The lowest BCUT2D eigenvalue weighted by Gasteiger charge is -1.92. The van der Waals surface area contributed by atoms with Gasteiger partial charge in [-0.2, -0.15) is 5.10 Å². The van der Waals surface area contributed by atoms with Crippen LogP contribution in [0.1, 0.15) is 5.69 Å².